The van der Waals surface area contributed by atoms with E-state index in [1.807, 2.05) is 10.6 Å². The Morgan fingerprint density at radius 2 is 2.00 bits per heavy atom. The van der Waals surface area contributed by atoms with Crippen molar-refractivity contribution in [3.05, 3.63) is 42.7 Å². The van der Waals surface area contributed by atoms with Crippen LogP contribution in [0.3, 0.4) is 0 Å². The fourth-order valence-electron chi connectivity index (χ4n) is 3.40. The van der Waals surface area contributed by atoms with Crippen LogP contribution >= 0.6 is 0 Å². The minimum Gasteiger partial charge on any atom is -0.371 e. The lowest BCUT2D eigenvalue weighted by atomic mass is 10.0. The van der Waals surface area contributed by atoms with Crippen LogP contribution in [-0.2, 0) is 6.54 Å². The predicted molar refractivity (Wildman–Crippen MR) is 110 cm³/mol. The molecule has 0 spiro atoms. The highest BCUT2D eigenvalue weighted by Crippen LogP contribution is 2.20. The van der Waals surface area contributed by atoms with Gasteiger partial charge in [0.15, 0.2) is 5.96 Å². The molecule has 2 aromatic rings. The van der Waals surface area contributed by atoms with Crippen LogP contribution in [0.4, 0.5) is 10.1 Å². The van der Waals surface area contributed by atoms with Crippen LogP contribution in [0.25, 0.3) is 0 Å². The first-order valence-corrected chi connectivity index (χ1v) is 10.1. The first-order valence-electron chi connectivity index (χ1n) is 10.1. The van der Waals surface area contributed by atoms with Gasteiger partial charge in [-0.05, 0) is 50.8 Å². The molecule has 1 aliphatic rings. The maximum Gasteiger partial charge on any atom is 0.191 e. The molecule has 0 atom stereocenters. The molecule has 2 N–H and O–H groups in total. The number of unbranched alkanes of at least 4 members (excludes halogenated alkanes) is 1. The number of hydrogen-bond donors (Lipinski definition) is 2. The summed E-state index contributed by atoms with van der Waals surface area (Å²) in [6.07, 6.45) is 7.57. The molecule has 0 radical (unpaired) electrons. The summed E-state index contributed by atoms with van der Waals surface area (Å²) in [5.74, 6) is 0.708. The maximum atomic E-state index is 13.4. The zero-order valence-electron chi connectivity index (χ0n) is 16.5. The molecule has 8 heteroatoms. The molecule has 0 aliphatic carbocycles. The van der Waals surface area contributed by atoms with E-state index in [-0.39, 0.29) is 5.82 Å². The number of halogens is 1. The largest absolute Gasteiger partial charge is 0.371 e. The molecule has 0 bridgehead atoms. The molecule has 3 rings (SSSR count). The van der Waals surface area contributed by atoms with E-state index in [1.54, 1.807) is 24.8 Å². The van der Waals surface area contributed by atoms with Gasteiger partial charge in [0.2, 0.25) is 0 Å². The average molecular weight is 388 g/mol. The summed E-state index contributed by atoms with van der Waals surface area (Å²) >= 11 is 0. The number of rotatable bonds is 8. The van der Waals surface area contributed by atoms with Crippen LogP contribution < -0.4 is 15.5 Å². The van der Waals surface area contributed by atoms with Crippen molar-refractivity contribution in [1.29, 1.82) is 0 Å². The number of benzene rings is 1. The highest BCUT2D eigenvalue weighted by Gasteiger charge is 2.20. The van der Waals surface area contributed by atoms with Crippen LogP contribution in [0, 0.1) is 5.82 Å². The summed E-state index contributed by atoms with van der Waals surface area (Å²) in [5.41, 5.74) is 0.965. The molecule has 0 saturated carbocycles. The van der Waals surface area contributed by atoms with Gasteiger partial charge in [0, 0.05) is 44.5 Å². The third kappa shape index (κ3) is 6.21. The molecule has 1 aromatic heterocycles. The fraction of sp³-hybridized carbons (Fsp3) is 0.550. The molecule has 152 valence electrons. The van der Waals surface area contributed by atoms with Gasteiger partial charge in [-0.15, -0.1) is 10.2 Å². The van der Waals surface area contributed by atoms with Gasteiger partial charge < -0.3 is 20.1 Å². The molecule has 1 fully saturated rings. The van der Waals surface area contributed by atoms with Gasteiger partial charge in [-0.1, -0.05) is 6.07 Å². The summed E-state index contributed by atoms with van der Waals surface area (Å²) < 4.78 is 15.4. The normalized spacial score (nSPS) is 15.6. The lowest BCUT2D eigenvalue weighted by Crippen LogP contribution is -2.48. The van der Waals surface area contributed by atoms with Gasteiger partial charge in [-0.3, -0.25) is 4.99 Å². The highest BCUT2D eigenvalue weighted by atomic mass is 19.1. The number of guanidine groups is 1. The van der Waals surface area contributed by atoms with Crippen molar-refractivity contribution >= 4 is 11.6 Å². The number of nitrogens with zero attached hydrogens (tertiary/aromatic N) is 5. The van der Waals surface area contributed by atoms with Gasteiger partial charge in [0.25, 0.3) is 0 Å². The standard InChI is InChI=1S/C20H30FN7/c1-2-22-20(23-10-3-4-11-27-15-24-25-16-27)26-18-8-12-28(13-9-18)19-7-5-6-17(21)14-19/h5-7,14-16,18H,2-4,8-13H2,1H3,(H2,22,23,26). The monoisotopic (exact) mass is 387 g/mol. The van der Waals surface area contributed by atoms with Crippen LogP contribution in [0.5, 0.6) is 0 Å². The molecular weight excluding hydrogens is 357 g/mol. The van der Waals surface area contributed by atoms with E-state index in [0.717, 1.165) is 70.1 Å². The first kappa shape index (κ1) is 20.1. The minimum atomic E-state index is -0.177. The average Bonchev–Trinajstić information content (AvgIpc) is 3.22. The van der Waals surface area contributed by atoms with Crippen molar-refractivity contribution in [2.45, 2.75) is 45.2 Å². The second kappa shape index (κ2) is 10.6. The van der Waals surface area contributed by atoms with Gasteiger partial charge in [0.1, 0.15) is 18.5 Å². The second-order valence-corrected chi connectivity index (χ2v) is 7.05. The number of nitrogens with one attached hydrogen (secondary N) is 2. The lowest BCUT2D eigenvalue weighted by molar-refractivity contribution is 0.461. The Morgan fingerprint density at radius 1 is 1.21 bits per heavy atom. The minimum absolute atomic E-state index is 0.177. The number of aliphatic imine (C=N–C) groups is 1. The van der Waals surface area contributed by atoms with Crippen molar-refractivity contribution in [2.75, 3.05) is 31.1 Å². The zero-order valence-corrected chi connectivity index (χ0v) is 16.5. The number of aromatic nitrogens is 3. The van der Waals surface area contributed by atoms with E-state index in [0.29, 0.717) is 6.04 Å². The van der Waals surface area contributed by atoms with Gasteiger partial charge in [-0.25, -0.2) is 4.39 Å². The van der Waals surface area contributed by atoms with Crippen LogP contribution in [0.1, 0.15) is 32.6 Å². The molecule has 7 nitrogen and oxygen atoms in total. The topological polar surface area (TPSA) is 70.4 Å². The third-order valence-electron chi connectivity index (χ3n) is 4.91. The van der Waals surface area contributed by atoms with Gasteiger partial charge in [0.05, 0.1) is 0 Å². The Morgan fingerprint density at radius 3 is 2.71 bits per heavy atom. The molecule has 1 aliphatic heterocycles. The quantitative estimate of drug-likeness (QED) is 0.414. The van der Waals surface area contributed by atoms with E-state index in [9.17, 15) is 4.39 Å². The Bertz CT molecular complexity index is 724. The van der Waals surface area contributed by atoms with Gasteiger partial charge in [-0.2, -0.15) is 0 Å². The Kier molecular flexibility index (Phi) is 7.63. The molecule has 2 heterocycles. The van der Waals surface area contributed by atoms with Gasteiger partial charge >= 0.3 is 0 Å². The predicted octanol–water partition coefficient (Wildman–Crippen LogP) is 2.42. The van der Waals surface area contributed by atoms with E-state index in [4.69, 9.17) is 4.99 Å². The number of anilines is 1. The summed E-state index contributed by atoms with van der Waals surface area (Å²) in [6.45, 7) is 6.47. The smallest absolute Gasteiger partial charge is 0.191 e. The first-order chi connectivity index (χ1) is 13.7. The molecule has 0 amide bonds. The fourth-order valence-corrected chi connectivity index (χ4v) is 3.40. The van der Waals surface area contributed by atoms with E-state index in [2.05, 4.69) is 32.7 Å². The SMILES string of the molecule is CCNC(=NCCCCn1cnnc1)NC1CCN(c2cccc(F)c2)CC1. The van der Waals surface area contributed by atoms with E-state index >= 15 is 0 Å². The third-order valence-corrected chi connectivity index (χ3v) is 4.91. The Hall–Kier alpha value is -2.64. The highest BCUT2D eigenvalue weighted by molar-refractivity contribution is 5.80. The van der Waals surface area contributed by atoms with Crippen LogP contribution in [0.15, 0.2) is 41.9 Å². The number of piperidine rings is 1. The summed E-state index contributed by atoms with van der Waals surface area (Å²) in [4.78, 5) is 6.95. The van der Waals surface area contributed by atoms with Crippen molar-refractivity contribution in [3.63, 3.8) is 0 Å². The molecule has 0 unspecified atom stereocenters. The Balaban J connectivity index is 1.41. The second-order valence-electron chi connectivity index (χ2n) is 7.05. The van der Waals surface area contributed by atoms with Crippen molar-refractivity contribution in [2.24, 2.45) is 4.99 Å². The molecule has 28 heavy (non-hydrogen) atoms. The number of hydrogen-bond acceptors (Lipinski definition) is 4. The van der Waals surface area contributed by atoms with E-state index in [1.165, 1.54) is 6.07 Å². The lowest BCUT2D eigenvalue weighted by Gasteiger charge is -2.34. The van der Waals surface area contributed by atoms with Crippen LogP contribution in [-0.4, -0.2) is 52.9 Å². The summed E-state index contributed by atoms with van der Waals surface area (Å²) in [7, 11) is 0. The molecule has 1 aromatic carbocycles. The summed E-state index contributed by atoms with van der Waals surface area (Å²) in [6, 6.07) is 7.23. The summed E-state index contributed by atoms with van der Waals surface area (Å²) in [5, 5.41) is 14.5. The number of aryl methyl sites for hydroxylation is 1. The molecule has 1 saturated heterocycles. The molecular formula is C20H30FN7. The van der Waals surface area contributed by atoms with E-state index < -0.39 is 0 Å². The zero-order chi connectivity index (χ0) is 19.6. The van der Waals surface area contributed by atoms with Crippen LogP contribution in [0.2, 0.25) is 0 Å². The van der Waals surface area contributed by atoms with Crippen molar-refractivity contribution in [3.8, 4) is 0 Å². The Labute approximate surface area is 166 Å². The van der Waals surface area contributed by atoms with Crippen molar-refractivity contribution < 1.29 is 4.39 Å². The van der Waals surface area contributed by atoms with Crippen molar-refractivity contribution in [1.82, 2.24) is 25.4 Å². The maximum absolute atomic E-state index is 13.4.